The van der Waals surface area contributed by atoms with Crippen LogP contribution in [0.25, 0.3) is 0 Å². The molecule has 2 unspecified atom stereocenters. The van der Waals surface area contributed by atoms with Crippen LogP contribution in [0.1, 0.15) is 31.7 Å². The van der Waals surface area contributed by atoms with E-state index in [-0.39, 0.29) is 5.91 Å². The van der Waals surface area contributed by atoms with E-state index in [0.717, 1.165) is 30.3 Å². The third-order valence-corrected chi connectivity index (χ3v) is 4.34. The zero-order valence-corrected chi connectivity index (χ0v) is 12.9. The summed E-state index contributed by atoms with van der Waals surface area (Å²) in [6.45, 7) is 3.16. The summed E-state index contributed by atoms with van der Waals surface area (Å²) in [4.78, 5) is 12.0. The highest BCUT2D eigenvalue weighted by atomic mass is 79.9. The van der Waals surface area contributed by atoms with Crippen molar-refractivity contribution in [2.75, 3.05) is 6.54 Å². The molecule has 104 valence electrons. The van der Waals surface area contributed by atoms with Gasteiger partial charge in [-0.1, -0.05) is 34.1 Å². The van der Waals surface area contributed by atoms with Gasteiger partial charge >= 0.3 is 0 Å². The van der Waals surface area contributed by atoms with Gasteiger partial charge in [-0.3, -0.25) is 4.79 Å². The van der Waals surface area contributed by atoms with Crippen molar-refractivity contribution in [3.63, 3.8) is 0 Å². The number of halogens is 1. The van der Waals surface area contributed by atoms with Crippen molar-refractivity contribution in [3.8, 4) is 0 Å². The van der Waals surface area contributed by atoms with Crippen LogP contribution in [-0.2, 0) is 11.2 Å². The smallest absolute Gasteiger partial charge is 0.220 e. The highest BCUT2D eigenvalue weighted by Gasteiger charge is 2.19. The number of carbonyl (C=O) groups is 1. The van der Waals surface area contributed by atoms with Gasteiger partial charge in [0.05, 0.1) is 0 Å². The Kier molecular flexibility index (Phi) is 5.40. The zero-order chi connectivity index (χ0) is 13.7. The number of amides is 1. The Hall–Kier alpha value is -0.870. The summed E-state index contributed by atoms with van der Waals surface area (Å²) in [5, 5.41) is 6.54. The van der Waals surface area contributed by atoms with Crippen molar-refractivity contribution in [2.24, 2.45) is 0 Å². The lowest BCUT2D eigenvalue weighted by molar-refractivity contribution is -0.122. The molecule has 1 fully saturated rings. The van der Waals surface area contributed by atoms with E-state index in [4.69, 9.17) is 0 Å². The first kappa shape index (κ1) is 14.5. The molecule has 1 saturated heterocycles. The molecule has 19 heavy (non-hydrogen) atoms. The van der Waals surface area contributed by atoms with E-state index in [1.165, 1.54) is 5.56 Å². The van der Waals surface area contributed by atoms with Crippen LogP contribution in [0.2, 0.25) is 0 Å². The van der Waals surface area contributed by atoms with Gasteiger partial charge in [-0.2, -0.15) is 0 Å². The molecular weight excluding hydrogens is 304 g/mol. The highest BCUT2D eigenvalue weighted by molar-refractivity contribution is 9.10. The number of nitrogens with one attached hydrogen (secondary N) is 2. The fraction of sp³-hybridized carbons (Fsp3) is 0.533. The molecule has 1 heterocycles. The van der Waals surface area contributed by atoms with E-state index in [0.29, 0.717) is 18.5 Å². The van der Waals surface area contributed by atoms with Crippen LogP contribution >= 0.6 is 15.9 Å². The third kappa shape index (κ3) is 4.62. The van der Waals surface area contributed by atoms with Crippen LogP contribution in [0.15, 0.2) is 28.7 Å². The monoisotopic (exact) mass is 324 g/mol. The maximum absolute atomic E-state index is 12.0. The first-order valence-electron chi connectivity index (χ1n) is 6.91. The van der Waals surface area contributed by atoms with Crippen molar-refractivity contribution in [3.05, 3.63) is 34.3 Å². The van der Waals surface area contributed by atoms with E-state index in [1.807, 2.05) is 18.2 Å². The number of rotatable bonds is 4. The molecule has 0 aromatic heterocycles. The minimum atomic E-state index is 0.162. The average molecular weight is 325 g/mol. The number of piperidine rings is 1. The molecule has 0 spiro atoms. The summed E-state index contributed by atoms with van der Waals surface area (Å²) in [6.07, 6.45) is 3.40. The van der Waals surface area contributed by atoms with Crippen LogP contribution in [0.3, 0.4) is 0 Å². The van der Waals surface area contributed by atoms with Crippen LogP contribution in [0.4, 0.5) is 0 Å². The predicted octanol–water partition coefficient (Wildman–Crippen LogP) is 2.64. The Labute approximate surface area is 123 Å². The highest BCUT2D eigenvalue weighted by Crippen LogP contribution is 2.17. The summed E-state index contributed by atoms with van der Waals surface area (Å²) in [5.74, 6) is 0.162. The van der Waals surface area contributed by atoms with Gasteiger partial charge in [0.1, 0.15) is 0 Å². The molecule has 3 nitrogen and oxygen atoms in total. The number of benzene rings is 1. The molecule has 2 N–H and O–H groups in total. The maximum Gasteiger partial charge on any atom is 0.220 e. The van der Waals surface area contributed by atoms with Gasteiger partial charge in [0, 0.05) is 23.0 Å². The summed E-state index contributed by atoms with van der Waals surface area (Å²) >= 11 is 3.51. The summed E-state index contributed by atoms with van der Waals surface area (Å²) in [6, 6.07) is 8.91. The van der Waals surface area contributed by atoms with Crippen molar-refractivity contribution in [1.82, 2.24) is 10.6 Å². The minimum Gasteiger partial charge on any atom is -0.353 e. The van der Waals surface area contributed by atoms with Gasteiger partial charge in [0.25, 0.3) is 0 Å². The second-order valence-corrected chi connectivity index (χ2v) is 6.09. The summed E-state index contributed by atoms with van der Waals surface area (Å²) in [5.41, 5.74) is 1.19. The topological polar surface area (TPSA) is 41.1 Å². The minimum absolute atomic E-state index is 0.162. The summed E-state index contributed by atoms with van der Waals surface area (Å²) in [7, 11) is 0. The number of carbonyl (C=O) groups excluding carboxylic acids is 1. The fourth-order valence-electron chi connectivity index (χ4n) is 2.51. The SMILES string of the molecule is CC1CC(NC(=O)CCc2ccccc2Br)CCN1. The molecule has 2 rings (SSSR count). The molecule has 1 aromatic carbocycles. The second-order valence-electron chi connectivity index (χ2n) is 5.24. The predicted molar refractivity (Wildman–Crippen MR) is 81.1 cm³/mol. The van der Waals surface area contributed by atoms with E-state index in [9.17, 15) is 4.79 Å². The van der Waals surface area contributed by atoms with Gasteiger partial charge in [-0.25, -0.2) is 0 Å². The lowest BCUT2D eigenvalue weighted by atomic mass is 10.0. The number of hydrogen-bond acceptors (Lipinski definition) is 2. The number of hydrogen-bond donors (Lipinski definition) is 2. The molecule has 2 atom stereocenters. The summed E-state index contributed by atoms with van der Waals surface area (Å²) < 4.78 is 1.08. The first-order valence-corrected chi connectivity index (χ1v) is 7.70. The standard InChI is InChI=1S/C15H21BrN2O/c1-11-10-13(8-9-17-11)18-15(19)7-6-12-4-2-3-5-14(12)16/h2-5,11,13,17H,6-10H2,1H3,(H,18,19). The Morgan fingerprint density at radius 1 is 1.47 bits per heavy atom. The molecule has 1 aliphatic rings. The van der Waals surface area contributed by atoms with Crippen molar-refractivity contribution < 1.29 is 4.79 Å². The quantitative estimate of drug-likeness (QED) is 0.894. The van der Waals surface area contributed by atoms with E-state index in [2.05, 4.69) is 39.6 Å². The average Bonchev–Trinajstić information content (AvgIpc) is 2.38. The molecule has 0 radical (unpaired) electrons. The van der Waals surface area contributed by atoms with Crippen molar-refractivity contribution in [2.45, 2.75) is 44.7 Å². The van der Waals surface area contributed by atoms with Gasteiger partial charge in [0.15, 0.2) is 0 Å². The van der Waals surface area contributed by atoms with Gasteiger partial charge in [-0.15, -0.1) is 0 Å². The zero-order valence-electron chi connectivity index (χ0n) is 11.3. The molecular formula is C15H21BrN2O. The molecule has 0 aliphatic carbocycles. The van der Waals surface area contributed by atoms with Gasteiger partial charge in [0.2, 0.25) is 5.91 Å². The molecule has 1 amide bonds. The normalized spacial score (nSPS) is 23.1. The van der Waals surface area contributed by atoms with Crippen LogP contribution < -0.4 is 10.6 Å². The van der Waals surface area contributed by atoms with E-state index >= 15 is 0 Å². The Morgan fingerprint density at radius 3 is 3.00 bits per heavy atom. The lowest BCUT2D eigenvalue weighted by Crippen LogP contribution is -2.46. The van der Waals surface area contributed by atoms with Gasteiger partial charge in [-0.05, 0) is 44.4 Å². The molecule has 1 aliphatic heterocycles. The van der Waals surface area contributed by atoms with E-state index in [1.54, 1.807) is 0 Å². The molecule has 0 bridgehead atoms. The molecule has 1 aromatic rings. The van der Waals surface area contributed by atoms with Crippen LogP contribution in [0.5, 0.6) is 0 Å². The maximum atomic E-state index is 12.0. The van der Waals surface area contributed by atoms with Gasteiger partial charge < -0.3 is 10.6 Å². The first-order chi connectivity index (χ1) is 9.15. The Bertz CT molecular complexity index is 436. The third-order valence-electron chi connectivity index (χ3n) is 3.57. The Balaban J connectivity index is 1.77. The molecule has 4 heteroatoms. The van der Waals surface area contributed by atoms with Crippen LogP contribution in [-0.4, -0.2) is 24.5 Å². The van der Waals surface area contributed by atoms with Crippen molar-refractivity contribution in [1.29, 1.82) is 0 Å². The van der Waals surface area contributed by atoms with Crippen molar-refractivity contribution >= 4 is 21.8 Å². The fourth-order valence-corrected chi connectivity index (χ4v) is 3.00. The largest absolute Gasteiger partial charge is 0.353 e. The van der Waals surface area contributed by atoms with E-state index < -0.39 is 0 Å². The molecule has 0 saturated carbocycles. The lowest BCUT2D eigenvalue weighted by Gasteiger charge is -2.28. The Morgan fingerprint density at radius 2 is 2.26 bits per heavy atom. The second kappa shape index (κ2) is 7.06. The number of aryl methyl sites for hydroxylation is 1. The van der Waals surface area contributed by atoms with Crippen LogP contribution in [0, 0.1) is 0 Å².